The molecule has 1 saturated heterocycles. The molecule has 0 unspecified atom stereocenters. The second-order valence-electron chi connectivity index (χ2n) is 6.26. The van der Waals surface area contributed by atoms with Crippen LogP contribution in [0.5, 0.6) is 11.5 Å². The Balaban J connectivity index is 1.70. The maximum Gasteiger partial charge on any atom is 0.227 e. The van der Waals surface area contributed by atoms with E-state index in [1.165, 1.54) is 0 Å². The van der Waals surface area contributed by atoms with Crippen LogP contribution in [0.3, 0.4) is 0 Å². The predicted molar refractivity (Wildman–Crippen MR) is 90.4 cm³/mol. The van der Waals surface area contributed by atoms with Crippen molar-refractivity contribution in [1.29, 1.82) is 0 Å². The summed E-state index contributed by atoms with van der Waals surface area (Å²) in [4.78, 5) is 26.4. The molecule has 0 aromatic heterocycles. The zero-order valence-electron chi connectivity index (χ0n) is 14.2. The summed E-state index contributed by atoms with van der Waals surface area (Å²) in [5.41, 5.74) is 0.752. The van der Waals surface area contributed by atoms with Crippen LogP contribution < -0.4 is 19.7 Å². The minimum absolute atomic E-state index is 0.0305. The molecule has 1 N–H and O–H groups in total. The van der Waals surface area contributed by atoms with Crippen molar-refractivity contribution in [2.45, 2.75) is 39.2 Å². The molecular weight excluding hydrogens is 308 g/mol. The Bertz CT molecular complexity index is 627. The van der Waals surface area contributed by atoms with Crippen molar-refractivity contribution in [3.63, 3.8) is 0 Å². The maximum atomic E-state index is 12.4. The molecule has 24 heavy (non-hydrogen) atoms. The molecule has 1 aromatic rings. The minimum Gasteiger partial charge on any atom is -0.486 e. The quantitative estimate of drug-likeness (QED) is 0.897. The number of amides is 2. The monoisotopic (exact) mass is 332 g/mol. The van der Waals surface area contributed by atoms with E-state index >= 15 is 0 Å². The van der Waals surface area contributed by atoms with Gasteiger partial charge in [0.1, 0.15) is 13.2 Å². The molecule has 0 aliphatic carbocycles. The van der Waals surface area contributed by atoms with Crippen molar-refractivity contribution in [3.8, 4) is 11.5 Å². The molecule has 0 saturated carbocycles. The first-order chi connectivity index (χ1) is 11.6. The molecule has 130 valence electrons. The number of ether oxygens (including phenoxy) is 2. The normalized spacial score (nSPS) is 19.7. The van der Waals surface area contributed by atoms with E-state index in [0.29, 0.717) is 31.3 Å². The van der Waals surface area contributed by atoms with Gasteiger partial charge >= 0.3 is 0 Å². The summed E-state index contributed by atoms with van der Waals surface area (Å²) in [6, 6.07) is 5.64. The third-order valence-electron chi connectivity index (χ3n) is 4.67. The standard InChI is InChI=1S/C18H24N2O4/c1-3-13(4-2)19-18(22)12-9-17(21)20(11-12)14-5-6-15-16(10-14)24-8-7-23-15/h5-6,10,12-13H,3-4,7-9,11H2,1-2H3,(H,19,22)/t12-/m0/s1. The lowest BCUT2D eigenvalue weighted by molar-refractivity contribution is -0.127. The second kappa shape index (κ2) is 7.11. The molecule has 6 heteroatoms. The smallest absolute Gasteiger partial charge is 0.227 e. The summed E-state index contributed by atoms with van der Waals surface area (Å²) in [5.74, 6) is 0.982. The van der Waals surface area contributed by atoms with Crippen LogP contribution in [0.1, 0.15) is 33.1 Å². The van der Waals surface area contributed by atoms with Crippen molar-refractivity contribution in [3.05, 3.63) is 18.2 Å². The minimum atomic E-state index is -0.300. The first kappa shape index (κ1) is 16.6. The molecule has 1 aromatic carbocycles. The van der Waals surface area contributed by atoms with Gasteiger partial charge in [0.05, 0.1) is 5.92 Å². The largest absolute Gasteiger partial charge is 0.486 e. The molecule has 0 bridgehead atoms. The van der Waals surface area contributed by atoms with E-state index in [1.807, 2.05) is 18.2 Å². The molecule has 1 fully saturated rings. The van der Waals surface area contributed by atoms with Crippen LogP contribution in [-0.2, 0) is 9.59 Å². The van der Waals surface area contributed by atoms with Gasteiger partial charge in [0.25, 0.3) is 0 Å². The third-order valence-corrected chi connectivity index (χ3v) is 4.67. The number of anilines is 1. The van der Waals surface area contributed by atoms with E-state index in [2.05, 4.69) is 19.2 Å². The Morgan fingerprint density at radius 2 is 1.96 bits per heavy atom. The Morgan fingerprint density at radius 3 is 2.67 bits per heavy atom. The highest BCUT2D eigenvalue weighted by atomic mass is 16.6. The van der Waals surface area contributed by atoms with Crippen LogP contribution in [-0.4, -0.2) is 37.6 Å². The molecule has 6 nitrogen and oxygen atoms in total. The molecule has 2 heterocycles. The molecule has 2 aliphatic heterocycles. The van der Waals surface area contributed by atoms with Crippen molar-refractivity contribution >= 4 is 17.5 Å². The van der Waals surface area contributed by atoms with Crippen LogP contribution >= 0.6 is 0 Å². The second-order valence-corrected chi connectivity index (χ2v) is 6.26. The number of fused-ring (bicyclic) bond motifs is 1. The van der Waals surface area contributed by atoms with Gasteiger partial charge in [-0.3, -0.25) is 9.59 Å². The van der Waals surface area contributed by atoms with Gasteiger partial charge in [-0.25, -0.2) is 0 Å². The van der Waals surface area contributed by atoms with Gasteiger partial charge in [-0.2, -0.15) is 0 Å². The highest BCUT2D eigenvalue weighted by Crippen LogP contribution is 2.36. The van der Waals surface area contributed by atoms with Gasteiger partial charge in [0, 0.05) is 30.8 Å². The van der Waals surface area contributed by atoms with Gasteiger partial charge in [0.15, 0.2) is 11.5 Å². The number of hydrogen-bond donors (Lipinski definition) is 1. The maximum absolute atomic E-state index is 12.4. The fourth-order valence-electron chi connectivity index (χ4n) is 3.14. The lowest BCUT2D eigenvalue weighted by Crippen LogP contribution is -2.39. The SMILES string of the molecule is CCC(CC)NC(=O)[C@H]1CC(=O)N(c2ccc3c(c2)OCCO3)C1. The molecular formula is C18H24N2O4. The first-order valence-corrected chi connectivity index (χ1v) is 8.62. The number of rotatable bonds is 5. The Kier molecular flexibility index (Phi) is 4.92. The van der Waals surface area contributed by atoms with Gasteiger partial charge in [-0.05, 0) is 25.0 Å². The van der Waals surface area contributed by atoms with Gasteiger partial charge in [0.2, 0.25) is 11.8 Å². The lowest BCUT2D eigenvalue weighted by atomic mass is 10.1. The van der Waals surface area contributed by atoms with Crippen LogP contribution in [0.25, 0.3) is 0 Å². The number of hydrogen-bond acceptors (Lipinski definition) is 4. The van der Waals surface area contributed by atoms with Gasteiger partial charge in [-0.15, -0.1) is 0 Å². The van der Waals surface area contributed by atoms with E-state index in [4.69, 9.17) is 9.47 Å². The molecule has 2 aliphatic rings. The summed E-state index contributed by atoms with van der Waals surface area (Å²) in [6.45, 7) is 5.55. The summed E-state index contributed by atoms with van der Waals surface area (Å²) < 4.78 is 11.1. The highest BCUT2D eigenvalue weighted by Gasteiger charge is 2.36. The molecule has 0 spiro atoms. The van der Waals surface area contributed by atoms with Crippen molar-refractivity contribution in [1.82, 2.24) is 5.32 Å². The topological polar surface area (TPSA) is 67.9 Å². The van der Waals surface area contributed by atoms with Crippen molar-refractivity contribution in [2.75, 3.05) is 24.7 Å². The number of nitrogens with one attached hydrogen (secondary N) is 1. The Morgan fingerprint density at radius 1 is 1.25 bits per heavy atom. The Labute approximate surface area is 142 Å². The van der Waals surface area contributed by atoms with Crippen LogP contribution in [0.2, 0.25) is 0 Å². The van der Waals surface area contributed by atoms with Gasteiger partial charge < -0.3 is 19.7 Å². The van der Waals surface area contributed by atoms with Gasteiger partial charge in [-0.1, -0.05) is 13.8 Å². The fraction of sp³-hybridized carbons (Fsp3) is 0.556. The molecule has 0 radical (unpaired) electrons. The van der Waals surface area contributed by atoms with E-state index in [1.54, 1.807) is 4.90 Å². The van der Waals surface area contributed by atoms with E-state index in [9.17, 15) is 9.59 Å². The van der Waals surface area contributed by atoms with Crippen LogP contribution in [0.4, 0.5) is 5.69 Å². The fourth-order valence-corrected chi connectivity index (χ4v) is 3.14. The van der Waals surface area contributed by atoms with Crippen molar-refractivity contribution in [2.24, 2.45) is 5.92 Å². The Hall–Kier alpha value is -2.24. The lowest BCUT2D eigenvalue weighted by Gasteiger charge is -2.22. The van der Waals surface area contributed by atoms with Crippen LogP contribution in [0, 0.1) is 5.92 Å². The number of carbonyl (C=O) groups excluding carboxylic acids is 2. The zero-order valence-corrected chi connectivity index (χ0v) is 14.2. The highest BCUT2D eigenvalue weighted by molar-refractivity contribution is 6.00. The van der Waals surface area contributed by atoms with Crippen molar-refractivity contribution < 1.29 is 19.1 Å². The average molecular weight is 332 g/mol. The first-order valence-electron chi connectivity index (χ1n) is 8.62. The molecule has 3 rings (SSSR count). The summed E-state index contributed by atoms with van der Waals surface area (Å²) >= 11 is 0. The summed E-state index contributed by atoms with van der Waals surface area (Å²) in [6.07, 6.45) is 2.05. The van der Waals surface area contributed by atoms with Crippen LogP contribution in [0.15, 0.2) is 18.2 Å². The summed E-state index contributed by atoms with van der Waals surface area (Å²) in [5, 5.41) is 3.04. The zero-order chi connectivity index (χ0) is 17.1. The average Bonchev–Trinajstić information content (AvgIpc) is 3.01. The number of nitrogens with zero attached hydrogens (tertiary/aromatic N) is 1. The summed E-state index contributed by atoms with van der Waals surface area (Å²) in [7, 11) is 0. The number of benzene rings is 1. The third kappa shape index (κ3) is 3.32. The number of carbonyl (C=O) groups is 2. The predicted octanol–water partition coefficient (Wildman–Crippen LogP) is 2.12. The van der Waals surface area contributed by atoms with E-state index < -0.39 is 0 Å². The molecule has 2 amide bonds. The molecule has 1 atom stereocenters. The van der Waals surface area contributed by atoms with E-state index in [0.717, 1.165) is 18.5 Å². The van der Waals surface area contributed by atoms with E-state index in [-0.39, 0.29) is 30.2 Å².